The summed E-state index contributed by atoms with van der Waals surface area (Å²) in [6.07, 6.45) is 0. The van der Waals surface area contributed by atoms with Gasteiger partial charge in [0.1, 0.15) is 5.75 Å². The minimum atomic E-state index is -0.365. The van der Waals surface area contributed by atoms with E-state index in [0.29, 0.717) is 5.92 Å². The molecule has 2 nitrogen and oxygen atoms in total. The second-order valence-electron chi connectivity index (χ2n) is 4.84. The third kappa shape index (κ3) is 2.72. The third-order valence-electron chi connectivity index (χ3n) is 2.58. The summed E-state index contributed by atoms with van der Waals surface area (Å²) in [4.78, 5) is 0. The van der Waals surface area contributed by atoms with Crippen molar-refractivity contribution in [1.29, 1.82) is 0 Å². The summed E-state index contributed by atoms with van der Waals surface area (Å²) in [5, 5.41) is 0. The maximum Gasteiger partial charge on any atom is 0.123 e. The van der Waals surface area contributed by atoms with Crippen LogP contribution < -0.4 is 10.5 Å². The number of rotatable bonds is 3. The van der Waals surface area contributed by atoms with E-state index >= 15 is 0 Å². The minimum Gasteiger partial charge on any atom is -0.496 e. The van der Waals surface area contributed by atoms with Gasteiger partial charge in [0, 0.05) is 11.1 Å². The largest absolute Gasteiger partial charge is 0.496 e. The molecule has 0 unspecified atom stereocenters. The number of benzene rings is 1. The second-order valence-corrected chi connectivity index (χ2v) is 4.84. The van der Waals surface area contributed by atoms with Crippen molar-refractivity contribution in [3.63, 3.8) is 0 Å². The van der Waals surface area contributed by atoms with E-state index < -0.39 is 0 Å². The molecule has 1 aromatic carbocycles. The van der Waals surface area contributed by atoms with Gasteiger partial charge in [-0.1, -0.05) is 26.0 Å². The Morgan fingerprint density at radius 2 is 1.87 bits per heavy atom. The van der Waals surface area contributed by atoms with Crippen molar-refractivity contribution in [2.24, 2.45) is 5.73 Å². The zero-order chi connectivity index (χ0) is 11.6. The van der Waals surface area contributed by atoms with Crippen LogP contribution in [0.3, 0.4) is 0 Å². The van der Waals surface area contributed by atoms with Gasteiger partial charge < -0.3 is 10.5 Å². The van der Waals surface area contributed by atoms with Crippen molar-refractivity contribution in [3.05, 3.63) is 29.3 Å². The van der Waals surface area contributed by atoms with Crippen LogP contribution >= 0.6 is 0 Å². The first kappa shape index (κ1) is 12.1. The summed E-state index contributed by atoms with van der Waals surface area (Å²) >= 11 is 0. The summed E-state index contributed by atoms with van der Waals surface area (Å²) in [6.45, 7) is 8.34. The van der Waals surface area contributed by atoms with Crippen molar-refractivity contribution in [1.82, 2.24) is 0 Å². The highest BCUT2D eigenvalue weighted by Gasteiger charge is 2.20. The van der Waals surface area contributed by atoms with E-state index in [1.807, 2.05) is 19.9 Å². The maximum absolute atomic E-state index is 6.12. The summed E-state index contributed by atoms with van der Waals surface area (Å²) in [6, 6.07) is 6.24. The molecule has 2 N–H and O–H groups in total. The molecule has 1 aromatic rings. The molecule has 0 amide bonds. The van der Waals surface area contributed by atoms with Crippen LogP contribution in [-0.4, -0.2) is 7.11 Å². The molecule has 0 saturated heterocycles. The number of methoxy groups -OCH3 is 1. The molecule has 0 saturated carbocycles. The van der Waals surface area contributed by atoms with Crippen LogP contribution in [0.2, 0.25) is 0 Å². The molecule has 0 heterocycles. The number of hydrogen-bond acceptors (Lipinski definition) is 2. The molecular formula is C13H21NO. The quantitative estimate of drug-likeness (QED) is 0.827. The van der Waals surface area contributed by atoms with Crippen LogP contribution in [0, 0.1) is 0 Å². The number of nitrogens with two attached hydrogens (primary N) is 1. The molecule has 84 valence electrons. The van der Waals surface area contributed by atoms with Gasteiger partial charge in [-0.15, -0.1) is 0 Å². The number of ether oxygens (including phenoxy) is 1. The highest BCUT2D eigenvalue weighted by molar-refractivity contribution is 5.42. The van der Waals surface area contributed by atoms with Gasteiger partial charge in [-0.2, -0.15) is 0 Å². The van der Waals surface area contributed by atoms with E-state index in [0.717, 1.165) is 11.3 Å². The first-order chi connectivity index (χ1) is 6.86. The van der Waals surface area contributed by atoms with Crippen LogP contribution in [0.1, 0.15) is 44.7 Å². The Kier molecular flexibility index (Phi) is 3.40. The van der Waals surface area contributed by atoms with Crippen molar-refractivity contribution < 1.29 is 4.74 Å². The van der Waals surface area contributed by atoms with Gasteiger partial charge >= 0.3 is 0 Å². The summed E-state index contributed by atoms with van der Waals surface area (Å²) < 4.78 is 5.33. The SMILES string of the molecule is COc1ccc(C(C)C)cc1C(C)(C)N. The Balaban J connectivity index is 3.26. The summed E-state index contributed by atoms with van der Waals surface area (Å²) in [7, 11) is 1.68. The zero-order valence-corrected chi connectivity index (χ0v) is 10.3. The van der Waals surface area contributed by atoms with E-state index in [9.17, 15) is 0 Å². The minimum absolute atomic E-state index is 0.365. The smallest absolute Gasteiger partial charge is 0.123 e. The lowest BCUT2D eigenvalue weighted by Crippen LogP contribution is -2.29. The topological polar surface area (TPSA) is 35.2 Å². The van der Waals surface area contributed by atoms with Gasteiger partial charge in [0.2, 0.25) is 0 Å². The molecule has 0 aromatic heterocycles. The first-order valence-corrected chi connectivity index (χ1v) is 5.33. The van der Waals surface area contributed by atoms with Gasteiger partial charge in [0.25, 0.3) is 0 Å². The van der Waals surface area contributed by atoms with E-state index in [2.05, 4.69) is 26.0 Å². The van der Waals surface area contributed by atoms with Crippen molar-refractivity contribution >= 4 is 0 Å². The molecule has 0 radical (unpaired) electrons. The monoisotopic (exact) mass is 207 g/mol. The zero-order valence-electron chi connectivity index (χ0n) is 10.3. The lowest BCUT2D eigenvalue weighted by Gasteiger charge is -2.23. The molecule has 0 atom stereocenters. The van der Waals surface area contributed by atoms with E-state index in [4.69, 9.17) is 10.5 Å². The van der Waals surface area contributed by atoms with E-state index in [1.54, 1.807) is 7.11 Å². The van der Waals surface area contributed by atoms with Crippen LogP contribution in [-0.2, 0) is 5.54 Å². The molecule has 0 bridgehead atoms. The molecule has 0 spiro atoms. The highest BCUT2D eigenvalue weighted by atomic mass is 16.5. The molecule has 0 fully saturated rings. The fraction of sp³-hybridized carbons (Fsp3) is 0.538. The van der Waals surface area contributed by atoms with Crippen LogP contribution in [0.25, 0.3) is 0 Å². The lowest BCUT2D eigenvalue weighted by atomic mass is 9.90. The van der Waals surface area contributed by atoms with Crippen LogP contribution in [0.15, 0.2) is 18.2 Å². The predicted octanol–water partition coefficient (Wildman–Crippen LogP) is 3.01. The first-order valence-electron chi connectivity index (χ1n) is 5.33. The fourth-order valence-electron chi connectivity index (χ4n) is 1.59. The normalized spacial score (nSPS) is 11.9. The van der Waals surface area contributed by atoms with Crippen molar-refractivity contribution in [3.8, 4) is 5.75 Å². The molecule has 0 aliphatic rings. The van der Waals surface area contributed by atoms with Gasteiger partial charge in [0.15, 0.2) is 0 Å². The average Bonchev–Trinajstić information content (AvgIpc) is 2.15. The molecular weight excluding hydrogens is 186 g/mol. The van der Waals surface area contributed by atoms with Gasteiger partial charge in [-0.3, -0.25) is 0 Å². The van der Waals surface area contributed by atoms with Crippen molar-refractivity contribution in [2.45, 2.75) is 39.2 Å². The highest BCUT2D eigenvalue weighted by Crippen LogP contribution is 2.30. The average molecular weight is 207 g/mol. The third-order valence-corrected chi connectivity index (χ3v) is 2.58. The van der Waals surface area contributed by atoms with Gasteiger partial charge in [0.05, 0.1) is 7.11 Å². The fourth-order valence-corrected chi connectivity index (χ4v) is 1.59. The predicted molar refractivity (Wildman–Crippen MR) is 64.3 cm³/mol. The molecule has 1 rings (SSSR count). The lowest BCUT2D eigenvalue weighted by molar-refractivity contribution is 0.394. The summed E-state index contributed by atoms with van der Waals surface area (Å²) in [5.41, 5.74) is 8.12. The van der Waals surface area contributed by atoms with E-state index in [-0.39, 0.29) is 5.54 Å². The second kappa shape index (κ2) is 4.23. The number of hydrogen-bond donors (Lipinski definition) is 1. The Bertz CT molecular complexity index is 337. The van der Waals surface area contributed by atoms with Crippen LogP contribution in [0.5, 0.6) is 5.75 Å². The summed E-state index contributed by atoms with van der Waals surface area (Å²) in [5.74, 6) is 1.38. The molecule has 2 heteroatoms. The van der Waals surface area contributed by atoms with Crippen molar-refractivity contribution in [2.75, 3.05) is 7.11 Å². The molecule has 0 aliphatic heterocycles. The molecule has 15 heavy (non-hydrogen) atoms. The van der Waals surface area contributed by atoms with Crippen LogP contribution in [0.4, 0.5) is 0 Å². The van der Waals surface area contributed by atoms with Gasteiger partial charge in [-0.05, 0) is 31.4 Å². The van der Waals surface area contributed by atoms with Gasteiger partial charge in [-0.25, -0.2) is 0 Å². The standard InChI is InChI=1S/C13H21NO/c1-9(2)10-6-7-12(15-5)11(8-10)13(3,4)14/h6-9H,14H2,1-5H3. The van der Waals surface area contributed by atoms with E-state index in [1.165, 1.54) is 5.56 Å². The Hall–Kier alpha value is -1.02. The maximum atomic E-state index is 6.12. The Morgan fingerprint density at radius 3 is 2.27 bits per heavy atom. The Labute approximate surface area is 92.4 Å². The Morgan fingerprint density at radius 1 is 1.27 bits per heavy atom. The molecule has 0 aliphatic carbocycles.